The predicted octanol–water partition coefficient (Wildman–Crippen LogP) is 4.24. The molecule has 1 atom stereocenters. The molecule has 1 aliphatic heterocycles. The molecule has 0 bridgehead atoms. The molecule has 2 heterocycles. The van der Waals surface area contributed by atoms with Gasteiger partial charge in [-0.15, -0.1) is 0 Å². The molecule has 1 aliphatic rings. The Bertz CT molecular complexity index is 1130. The Morgan fingerprint density at radius 3 is 2.90 bits per heavy atom. The summed E-state index contributed by atoms with van der Waals surface area (Å²) in [5.74, 6) is -0.239. The van der Waals surface area contributed by atoms with E-state index < -0.39 is 0 Å². The van der Waals surface area contributed by atoms with Crippen LogP contribution in [0.15, 0.2) is 51.9 Å². The number of rotatable bonds is 4. The van der Waals surface area contributed by atoms with Crippen LogP contribution in [-0.2, 0) is 4.74 Å². The van der Waals surface area contributed by atoms with Gasteiger partial charge in [0, 0.05) is 24.6 Å². The number of amides is 1. The largest absolute Gasteiger partial charge is 0.508 e. The zero-order valence-corrected chi connectivity index (χ0v) is 16.7. The minimum absolute atomic E-state index is 0.0280. The van der Waals surface area contributed by atoms with Gasteiger partial charge in [0.15, 0.2) is 0 Å². The molecule has 3 aromatic rings. The van der Waals surface area contributed by atoms with Crippen molar-refractivity contribution in [3.8, 4) is 5.75 Å². The number of nitrogens with one attached hydrogen (secondary N) is 1. The number of ether oxygens (including phenoxy) is 1. The van der Waals surface area contributed by atoms with Crippen LogP contribution in [0.2, 0.25) is 5.02 Å². The summed E-state index contributed by atoms with van der Waals surface area (Å²) >= 11 is 6.31. The average Bonchev–Trinajstić information content (AvgIpc) is 3.21. The molecule has 1 amide bonds. The van der Waals surface area contributed by atoms with E-state index >= 15 is 0 Å². The van der Waals surface area contributed by atoms with Crippen LogP contribution in [0.25, 0.3) is 11.0 Å². The van der Waals surface area contributed by atoms with Gasteiger partial charge in [-0.3, -0.25) is 4.79 Å². The highest BCUT2D eigenvalue weighted by atomic mass is 35.5. The highest BCUT2D eigenvalue weighted by Gasteiger charge is 2.19. The average molecular weight is 413 g/mol. The Hall–Kier alpha value is -2.83. The number of phenols is 1. The maximum atomic E-state index is 12.9. The standard InChI is InChI=1S/C22H21ClN2O4/c1-13-4-7-19(18(23)9-13)25-22-17(21(27)24-12-16-3-2-8-28-16)10-14-5-6-15(26)11-20(14)29-22/h4-7,9-11,16,26H,2-3,8,12H2,1H3,(H,24,27)/t16-/m1/s1. The first-order chi connectivity index (χ1) is 14.0. The van der Waals surface area contributed by atoms with E-state index in [0.717, 1.165) is 25.0 Å². The van der Waals surface area contributed by atoms with Crippen molar-refractivity contribution in [1.82, 2.24) is 5.32 Å². The summed E-state index contributed by atoms with van der Waals surface area (Å²) in [4.78, 5) is 17.4. The van der Waals surface area contributed by atoms with E-state index in [1.165, 1.54) is 6.07 Å². The van der Waals surface area contributed by atoms with E-state index in [-0.39, 0.29) is 28.9 Å². The van der Waals surface area contributed by atoms with Gasteiger partial charge < -0.3 is 19.6 Å². The van der Waals surface area contributed by atoms with Crippen molar-refractivity contribution in [1.29, 1.82) is 0 Å². The second-order valence-electron chi connectivity index (χ2n) is 7.10. The lowest BCUT2D eigenvalue weighted by Gasteiger charge is -2.11. The molecule has 1 aromatic heterocycles. The number of nitrogens with zero attached hydrogens (tertiary/aromatic N) is 1. The number of aryl methyl sites for hydroxylation is 1. The molecule has 2 N–H and O–H groups in total. The molecule has 6 nitrogen and oxygen atoms in total. The van der Waals surface area contributed by atoms with Gasteiger partial charge in [-0.1, -0.05) is 17.7 Å². The molecule has 0 aliphatic carbocycles. The Labute approximate surface area is 172 Å². The fraction of sp³-hybridized carbons (Fsp3) is 0.273. The van der Waals surface area contributed by atoms with Crippen LogP contribution in [0.5, 0.6) is 5.75 Å². The van der Waals surface area contributed by atoms with Gasteiger partial charge in [0.05, 0.1) is 16.8 Å². The molecule has 4 rings (SSSR count). The summed E-state index contributed by atoms with van der Waals surface area (Å²) in [7, 11) is 0. The van der Waals surface area contributed by atoms with Crippen molar-refractivity contribution in [3.05, 3.63) is 64.2 Å². The fourth-order valence-corrected chi connectivity index (χ4v) is 3.55. The second kappa shape index (κ2) is 8.27. The molecular weight excluding hydrogens is 392 g/mol. The number of hydrogen-bond donors (Lipinski definition) is 2. The Morgan fingerprint density at radius 1 is 1.28 bits per heavy atom. The summed E-state index contributed by atoms with van der Waals surface area (Å²) in [6.45, 7) is 3.09. The molecule has 29 heavy (non-hydrogen) atoms. The first kappa shape index (κ1) is 19.5. The summed E-state index contributed by atoms with van der Waals surface area (Å²) in [6.07, 6.45) is 1.96. The minimum atomic E-state index is -0.304. The van der Waals surface area contributed by atoms with E-state index in [4.69, 9.17) is 20.8 Å². The smallest absolute Gasteiger partial charge is 0.256 e. The molecule has 0 saturated carbocycles. The lowest BCUT2D eigenvalue weighted by Crippen LogP contribution is -2.34. The van der Waals surface area contributed by atoms with Crippen molar-refractivity contribution in [3.63, 3.8) is 0 Å². The number of phenolic OH excluding ortho intramolecular Hbond substituents is 1. The van der Waals surface area contributed by atoms with Gasteiger partial charge in [-0.05, 0) is 55.7 Å². The van der Waals surface area contributed by atoms with Crippen molar-refractivity contribution in [2.45, 2.75) is 25.9 Å². The third-order valence-electron chi connectivity index (χ3n) is 4.82. The van der Waals surface area contributed by atoms with Crippen LogP contribution < -0.4 is 10.9 Å². The predicted molar refractivity (Wildman–Crippen MR) is 111 cm³/mol. The lowest BCUT2D eigenvalue weighted by molar-refractivity contribution is 0.0854. The number of benzene rings is 2. The summed E-state index contributed by atoms with van der Waals surface area (Å²) in [6, 6.07) is 11.9. The molecule has 150 valence electrons. The summed E-state index contributed by atoms with van der Waals surface area (Å²) in [5.41, 5.74) is 2.33. The van der Waals surface area contributed by atoms with Gasteiger partial charge in [0.1, 0.15) is 16.9 Å². The van der Waals surface area contributed by atoms with Crippen LogP contribution >= 0.6 is 11.6 Å². The maximum Gasteiger partial charge on any atom is 0.256 e. The zero-order chi connectivity index (χ0) is 20.4. The van der Waals surface area contributed by atoms with Crippen LogP contribution in [0.1, 0.15) is 28.8 Å². The number of carbonyl (C=O) groups is 1. The first-order valence-electron chi connectivity index (χ1n) is 9.47. The highest BCUT2D eigenvalue weighted by molar-refractivity contribution is 6.33. The van der Waals surface area contributed by atoms with E-state index in [1.54, 1.807) is 30.3 Å². The Balaban J connectivity index is 1.78. The topological polar surface area (TPSA) is 84.1 Å². The summed E-state index contributed by atoms with van der Waals surface area (Å²) < 4.78 is 11.4. The molecule has 7 heteroatoms. The number of carbonyl (C=O) groups excluding carboxylic acids is 1. The van der Waals surface area contributed by atoms with Crippen molar-refractivity contribution in [2.75, 3.05) is 13.2 Å². The molecule has 2 aromatic carbocycles. The third kappa shape index (κ3) is 4.44. The molecule has 1 fully saturated rings. The van der Waals surface area contributed by atoms with Gasteiger partial charge in [0.2, 0.25) is 5.55 Å². The Morgan fingerprint density at radius 2 is 2.14 bits per heavy atom. The van der Waals surface area contributed by atoms with Crippen molar-refractivity contribution in [2.24, 2.45) is 4.99 Å². The summed E-state index contributed by atoms with van der Waals surface area (Å²) in [5, 5.41) is 13.8. The van der Waals surface area contributed by atoms with Gasteiger partial charge in [-0.2, -0.15) is 0 Å². The van der Waals surface area contributed by atoms with Crippen molar-refractivity contribution < 1.29 is 19.1 Å². The quantitative estimate of drug-likeness (QED) is 0.671. The number of hydrogen-bond acceptors (Lipinski definition) is 5. The van der Waals surface area contributed by atoms with Crippen LogP contribution in [0.3, 0.4) is 0 Å². The minimum Gasteiger partial charge on any atom is -0.508 e. The SMILES string of the molecule is Cc1ccc(N=c2oc3cc(O)ccc3cc2C(=O)NC[C@H]2CCCO2)c(Cl)c1. The van der Waals surface area contributed by atoms with E-state index in [0.29, 0.717) is 28.2 Å². The van der Waals surface area contributed by atoms with E-state index in [9.17, 15) is 9.90 Å². The van der Waals surface area contributed by atoms with Crippen LogP contribution in [-0.4, -0.2) is 30.3 Å². The third-order valence-corrected chi connectivity index (χ3v) is 5.12. The monoisotopic (exact) mass is 412 g/mol. The lowest BCUT2D eigenvalue weighted by atomic mass is 10.1. The molecule has 0 radical (unpaired) electrons. The highest BCUT2D eigenvalue weighted by Crippen LogP contribution is 2.26. The number of aromatic hydroxyl groups is 1. The fourth-order valence-electron chi connectivity index (χ4n) is 3.27. The number of halogens is 1. The molecular formula is C22H21ClN2O4. The van der Waals surface area contributed by atoms with Gasteiger partial charge >= 0.3 is 0 Å². The Kier molecular flexibility index (Phi) is 5.56. The van der Waals surface area contributed by atoms with E-state index in [2.05, 4.69) is 10.3 Å². The normalized spacial score (nSPS) is 17.0. The number of fused-ring (bicyclic) bond motifs is 1. The van der Waals surface area contributed by atoms with Crippen LogP contribution in [0.4, 0.5) is 5.69 Å². The van der Waals surface area contributed by atoms with E-state index in [1.807, 2.05) is 13.0 Å². The maximum absolute atomic E-state index is 12.9. The van der Waals surface area contributed by atoms with Crippen LogP contribution in [0, 0.1) is 6.92 Å². The molecule has 1 saturated heterocycles. The van der Waals surface area contributed by atoms with Gasteiger partial charge in [-0.25, -0.2) is 4.99 Å². The zero-order valence-electron chi connectivity index (χ0n) is 15.9. The molecule has 0 unspecified atom stereocenters. The second-order valence-corrected chi connectivity index (χ2v) is 7.51. The molecule has 0 spiro atoms. The van der Waals surface area contributed by atoms with Gasteiger partial charge in [0.25, 0.3) is 5.91 Å². The van der Waals surface area contributed by atoms with Crippen molar-refractivity contribution >= 4 is 34.2 Å². The first-order valence-corrected chi connectivity index (χ1v) is 9.85.